The molecule has 0 radical (unpaired) electrons. The number of benzene rings is 1. The van der Waals surface area contributed by atoms with Crippen molar-refractivity contribution in [3.05, 3.63) is 46.9 Å². The van der Waals surface area contributed by atoms with E-state index in [2.05, 4.69) is 10.4 Å². The van der Waals surface area contributed by atoms with Crippen molar-refractivity contribution >= 4 is 33.3 Å². The van der Waals surface area contributed by atoms with Crippen molar-refractivity contribution in [2.75, 3.05) is 24.7 Å². The number of aromatic nitrogens is 2. The molecule has 27 heavy (non-hydrogen) atoms. The molecule has 1 fully saturated rings. The van der Waals surface area contributed by atoms with Crippen molar-refractivity contribution in [3.63, 3.8) is 0 Å². The Bertz CT molecular complexity index is 939. The second-order valence-electron chi connectivity index (χ2n) is 6.56. The van der Waals surface area contributed by atoms with Crippen LogP contribution in [0.3, 0.4) is 0 Å². The summed E-state index contributed by atoms with van der Waals surface area (Å²) in [4.78, 5) is 12.4. The van der Waals surface area contributed by atoms with Crippen LogP contribution in [0, 0.1) is 11.7 Å². The van der Waals surface area contributed by atoms with E-state index >= 15 is 0 Å². The highest BCUT2D eigenvalue weighted by atomic mass is 35.5. The smallest absolute Gasteiger partial charge is 0.228 e. The van der Waals surface area contributed by atoms with E-state index in [0.717, 1.165) is 0 Å². The molecule has 2 aromatic rings. The zero-order valence-corrected chi connectivity index (χ0v) is 16.3. The van der Waals surface area contributed by atoms with E-state index in [1.807, 2.05) is 0 Å². The quantitative estimate of drug-likeness (QED) is 0.813. The molecule has 1 saturated heterocycles. The molecule has 3 rings (SSSR count). The standard InChI is InChI=1S/C17H20ClFN4O3S/c1-27(25,26)23-8-4-12(5-9-23)17(24)20-16-6-7-22(21-16)11-13-2-3-14(19)10-15(13)18/h2-3,6-7,10,12H,4-5,8-9,11H2,1H3,(H,20,21,24). The molecule has 0 saturated carbocycles. The van der Waals surface area contributed by atoms with Crippen LogP contribution in [-0.4, -0.2) is 47.8 Å². The van der Waals surface area contributed by atoms with Crippen LogP contribution < -0.4 is 5.32 Å². The molecule has 1 aromatic heterocycles. The van der Waals surface area contributed by atoms with Crippen LogP contribution in [-0.2, 0) is 21.4 Å². The number of amides is 1. The number of hydrogen-bond donors (Lipinski definition) is 1. The van der Waals surface area contributed by atoms with Gasteiger partial charge in [-0.15, -0.1) is 0 Å². The van der Waals surface area contributed by atoms with Crippen molar-refractivity contribution in [2.45, 2.75) is 19.4 Å². The van der Waals surface area contributed by atoms with E-state index in [1.54, 1.807) is 23.0 Å². The van der Waals surface area contributed by atoms with Crippen molar-refractivity contribution in [2.24, 2.45) is 5.92 Å². The lowest BCUT2D eigenvalue weighted by Crippen LogP contribution is -2.40. The minimum Gasteiger partial charge on any atom is -0.309 e. The zero-order valence-electron chi connectivity index (χ0n) is 14.7. The molecule has 0 bridgehead atoms. The zero-order chi connectivity index (χ0) is 19.6. The highest BCUT2D eigenvalue weighted by Crippen LogP contribution is 2.21. The average molecular weight is 415 g/mol. The van der Waals surface area contributed by atoms with Crippen molar-refractivity contribution in [3.8, 4) is 0 Å². The summed E-state index contributed by atoms with van der Waals surface area (Å²) in [6.45, 7) is 1.03. The van der Waals surface area contributed by atoms with E-state index in [4.69, 9.17) is 11.6 Å². The first-order valence-electron chi connectivity index (χ1n) is 8.46. The van der Waals surface area contributed by atoms with Gasteiger partial charge >= 0.3 is 0 Å². The lowest BCUT2D eigenvalue weighted by atomic mass is 9.97. The number of nitrogens with zero attached hydrogens (tertiary/aromatic N) is 3. The normalized spacial score (nSPS) is 16.4. The predicted octanol–water partition coefficient (Wildman–Crippen LogP) is 2.33. The van der Waals surface area contributed by atoms with Gasteiger partial charge in [0.15, 0.2) is 5.82 Å². The molecule has 2 heterocycles. The van der Waals surface area contributed by atoms with E-state index in [1.165, 1.54) is 22.7 Å². The monoisotopic (exact) mass is 414 g/mol. The van der Waals surface area contributed by atoms with Gasteiger partial charge in [0, 0.05) is 36.3 Å². The number of anilines is 1. The maximum Gasteiger partial charge on any atom is 0.228 e. The van der Waals surface area contributed by atoms with Crippen LogP contribution in [0.15, 0.2) is 30.5 Å². The Kier molecular flexibility index (Phi) is 5.83. The van der Waals surface area contributed by atoms with Gasteiger partial charge in [-0.1, -0.05) is 17.7 Å². The van der Waals surface area contributed by atoms with Gasteiger partial charge in [-0.2, -0.15) is 5.10 Å². The van der Waals surface area contributed by atoms with Gasteiger partial charge in [0.05, 0.1) is 12.8 Å². The summed E-state index contributed by atoms with van der Waals surface area (Å²) in [5.41, 5.74) is 0.715. The Morgan fingerprint density at radius 2 is 2.04 bits per heavy atom. The number of sulfonamides is 1. The fourth-order valence-corrected chi connectivity index (χ4v) is 4.12. The van der Waals surface area contributed by atoms with Gasteiger partial charge in [0.1, 0.15) is 5.82 Å². The summed E-state index contributed by atoms with van der Waals surface area (Å²) >= 11 is 6.02. The van der Waals surface area contributed by atoms with Gasteiger partial charge in [-0.25, -0.2) is 17.1 Å². The topological polar surface area (TPSA) is 84.3 Å². The first-order chi connectivity index (χ1) is 12.7. The van der Waals surface area contributed by atoms with Gasteiger partial charge in [-0.05, 0) is 30.5 Å². The average Bonchev–Trinajstić information content (AvgIpc) is 3.04. The maximum absolute atomic E-state index is 13.1. The molecule has 0 atom stereocenters. The highest BCUT2D eigenvalue weighted by Gasteiger charge is 2.29. The Balaban J connectivity index is 1.57. The first kappa shape index (κ1) is 19.8. The molecule has 146 valence electrons. The summed E-state index contributed by atoms with van der Waals surface area (Å²) in [5, 5.41) is 7.36. The van der Waals surface area contributed by atoms with Crippen LogP contribution in [0.25, 0.3) is 0 Å². The Hall–Kier alpha value is -1.97. The van der Waals surface area contributed by atoms with E-state index in [-0.39, 0.29) is 11.8 Å². The Morgan fingerprint density at radius 3 is 2.67 bits per heavy atom. The lowest BCUT2D eigenvalue weighted by Gasteiger charge is -2.29. The van der Waals surface area contributed by atoms with Gasteiger partial charge < -0.3 is 5.32 Å². The number of carbonyl (C=O) groups excluding carboxylic acids is 1. The molecule has 1 amide bonds. The van der Waals surface area contributed by atoms with Crippen LogP contribution in [0.4, 0.5) is 10.2 Å². The largest absolute Gasteiger partial charge is 0.309 e. The van der Waals surface area contributed by atoms with Gasteiger partial charge in [-0.3, -0.25) is 9.48 Å². The summed E-state index contributed by atoms with van der Waals surface area (Å²) in [5.74, 6) is -0.421. The maximum atomic E-state index is 13.1. The van der Waals surface area contributed by atoms with Crippen LogP contribution >= 0.6 is 11.6 Å². The lowest BCUT2D eigenvalue weighted by molar-refractivity contribution is -0.120. The van der Waals surface area contributed by atoms with Crippen LogP contribution in [0.5, 0.6) is 0 Å². The van der Waals surface area contributed by atoms with Crippen molar-refractivity contribution in [1.29, 1.82) is 0 Å². The molecule has 0 spiro atoms. The van der Waals surface area contributed by atoms with E-state index in [0.29, 0.717) is 48.9 Å². The number of nitrogens with one attached hydrogen (secondary N) is 1. The van der Waals surface area contributed by atoms with Crippen molar-refractivity contribution < 1.29 is 17.6 Å². The molecule has 0 aliphatic carbocycles. The fourth-order valence-electron chi connectivity index (χ4n) is 3.02. The third-order valence-electron chi connectivity index (χ3n) is 4.53. The minimum absolute atomic E-state index is 0.173. The summed E-state index contributed by atoms with van der Waals surface area (Å²) in [6, 6.07) is 5.83. The molecule has 7 nitrogen and oxygen atoms in total. The molecular weight excluding hydrogens is 395 g/mol. The third kappa shape index (κ3) is 5.06. The number of rotatable bonds is 5. The minimum atomic E-state index is -3.21. The molecule has 1 N–H and O–H groups in total. The van der Waals surface area contributed by atoms with Gasteiger partial charge in [0.2, 0.25) is 15.9 Å². The third-order valence-corrected chi connectivity index (χ3v) is 6.19. The Labute approximate surface area is 162 Å². The molecule has 0 unspecified atom stereocenters. The second kappa shape index (κ2) is 7.95. The Morgan fingerprint density at radius 1 is 1.33 bits per heavy atom. The molecule has 1 aliphatic rings. The first-order valence-corrected chi connectivity index (χ1v) is 10.7. The number of halogens is 2. The SMILES string of the molecule is CS(=O)(=O)N1CCC(C(=O)Nc2ccn(Cc3ccc(F)cc3Cl)n2)CC1. The van der Waals surface area contributed by atoms with E-state index in [9.17, 15) is 17.6 Å². The molecule has 1 aromatic carbocycles. The van der Waals surface area contributed by atoms with E-state index < -0.39 is 15.8 Å². The number of carbonyl (C=O) groups is 1. The van der Waals surface area contributed by atoms with Crippen LogP contribution in [0.2, 0.25) is 5.02 Å². The van der Waals surface area contributed by atoms with Crippen molar-refractivity contribution in [1.82, 2.24) is 14.1 Å². The highest BCUT2D eigenvalue weighted by molar-refractivity contribution is 7.88. The summed E-state index contributed by atoms with van der Waals surface area (Å²) in [6.07, 6.45) is 3.82. The second-order valence-corrected chi connectivity index (χ2v) is 8.95. The molecule has 10 heteroatoms. The number of piperidine rings is 1. The summed E-state index contributed by atoms with van der Waals surface area (Å²) in [7, 11) is -3.21. The predicted molar refractivity (Wildman–Crippen MR) is 101 cm³/mol. The number of hydrogen-bond acceptors (Lipinski definition) is 4. The molecule has 1 aliphatic heterocycles. The van der Waals surface area contributed by atoms with Gasteiger partial charge in [0.25, 0.3) is 0 Å². The summed E-state index contributed by atoms with van der Waals surface area (Å²) < 4.78 is 39.2. The van der Waals surface area contributed by atoms with Crippen LogP contribution in [0.1, 0.15) is 18.4 Å². The fraction of sp³-hybridized carbons (Fsp3) is 0.412. The molecular formula is C17H20ClFN4O3S.